The van der Waals surface area contributed by atoms with Crippen LogP contribution in [0.1, 0.15) is 12.5 Å². The topological polar surface area (TPSA) is 35.2 Å². The fraction of sp³-hybridized carbons (Fsp3) is 0.400. The van der Waals surface area contributed by atoms with Crippen LogP contribution in [0.5, 0.6) is 5.75 Å². The van der Waals surface area contributed by atoms with Gasteiger partial charge in [0.1, 0.15) is 17.1 Å². The first-order valence-corrected chi connectivity index (χ1v) is 4.30. The number of halogens is 3. The SMILES string of the molecule is COc1ccc(F)cc1C(C)(N)C(F)F. The van der Waals surface area contributed by atoms with E-state index in [9.17, 15) is 13.2 Å². The highest BCUT2D eigenvalue weighted by Gasteiger charge is 2.35. The maximum Gasteiger partial charge on any atom is 0.260 e. The van der Waals surface area contributed by atoms with Gasteiger partial charge in [0.2, 0.25) is 0 Å². The largest absolute Gasteiger partial charge is 0.496 e. The molecule has 2 N–H and O–H groups in total. The van der Waals surface area contributed by atoms with Crippen LogP contribution in [0.4, 0.5) is 13.2 Å². The number of hydrogen-bond acceptors (Lipinski definition) is 2. The number of methoxy groups -OCH3 is 1. The van der Waals surface area contributed by atoms with Crippen molar-refractivity contribution >= 4 is 0 Å². The van der Waals surface area contributed by atoms with Gasteiger partial charge in [-0.15, -0.1) is 0 Å². The van der Waals surface area contributed by atoms with Crippen molar-refractivity contribution in [2.45, 2.75) is 18.9 Å². The van der Waals surface area contributed by atoms with E-state index in [1.807, 2.05) is 0 Å². The summed E-state index contributed by atoms with van der Waals surface area (Å²) >= 11 is 0. The van der Waals surface area contributed by atoms with Crippen LogP contribution >= 0.6 is 0 Å². The summed E-state index contributed by atoms with van der Waals surface area (Å²) < 4.78 is 43.1. The van der Waals surface area contributed by atoms with Crippen LogP contribution in [-0.2, 0) is 5.54 Å². The Kier molecular flexibility index (Phi) is 3.24. The standard InChI is InChI=1S/C10H12F3NO/c1-10(14,9(12)13)7-5-6(11)3-4-8(7)15-2/h3-5,9H,14H2,1-2H3. The molecule has 0 saturated carbocycles. The molecule has 0 aromatic heterocycles. The second-order valence-corrected chi connectivity index (χ2v) is 3.43. The van der Waals surface area contributed by atoms with Crippen molar-refractivity contribution in [1.29, 1.82) is 0 Å². The lowest BCUT2D eigenvalue weighted by Gasteiger charge is -2.25. The van der Waals surface area contributed by atoms with Crippen LogP contribution in [0, 0.1) is 5.82 Å². The van der Waals surface area contributed by atoms with Crippen molar-refractivity contribution in [2.24, 2.45) is 5.73 Å². The molecule has 1 atom stereocenters. The predicted octanol–water partition coefficient (Wildman–Crippen LogP) is 2.27. The summed E-state index contributed by atoms with van der Waals surface area (Å²) in [6.45, 7) is 1.13. The van der Waals surface area contributed by atoms with E-state index >= 15 is 0 Å². The maximum atomic E-state index is 12.9. The van der Waals surface area contributed by atoms with E-state index in [2.05, 4.69) is 0 Å². The minimum atomic E-state index is -2.80. The predicted molar refractivity (Wildman–Crippen MR) is 50.5 cm³/mol. The van der Waals surface area contributed by atoms with Gasteiger partial charge in [-0.1, -0.05) is 0 Å². The van der Waals surface area contributed by atoms with E-state index in [1.54, 1.807) is 0 Å². The summed E-state index contributed by atoms with van der Waals surface area (Å²) in [5, 5.41) is 0. The van der Waals surface area contributed by atoms with Gasteiger partial charge in [0, 0.05) is 5.56 Å². The Balaban J connectivity index is 3.28. The van der Waals surface area contributed by atoms with Crippen LogP contribution in [0.15, 0.2) is 18.2 Å². The Labute approximate surface area is 85.8 Å². The van der Waals surface area contributed by atoms with Gasteiger partial charge >= 0.3 is 0 Å². The van der Waals surface area contributed by atoms with Gasteiger partial charge in [-0.2, -0.15) is 0 Å². The van der Waals surface area contributed by atoms with Crippen molar-refractivity contribution in [3.05, 3.63) is 29.6 Å². The monoisotopic (exact) mass is 219 g/mol. The van der Waals surface area contributed by atoms with Crippen LogP contribution in [0.3, 0.4) is 0 Å². The lowest BCUT2D eigenvalue weighted by atomic mass is 9.92. The molecule has 15 heavy (non-hydrogen) atoms. The Morgan fingerprint density at radius 3 is 2.47 bits per heavy atom. The second kappa shape index (κ2) is 4.10. The fourth-order valence-electron chi connectivity index (χ4n) is 1.22. The highest BCUT2D eigenvalue weighted by atomic mass is 19.3. The first kappa shape index (κ1) is 11.8. The molecule has 1 aromatic rings. The van der Waals surface area contributed by atoms with Gasteiger partial charge < -0.3 is 10.5 Å². The second-order valence-electron chi connectivity index (χ2n) is 3.43. The van der Waals surface area contributed by atoms with Crippen LogP contribution < -0.4 is 10.5 Å². The third-order valence-electron chi connectivity index (χ3n) is 2.20. The molecular weight excluding hydrogens is 207 g/mol. The van der Waals surface area contributed by atoms with Crippen molar-refractivity contribution in [1.82, 2.24) is 0 Å². The molecule has 5 heteroatoms. The van der Waals surface area contributed by atoms with E-state index < -0.39 is 17.8 Å². The molecule has 1 aromatic carbocycles. The molecule has 0 amide bonds. The molecule has 1 rings (SSSR count). The van der Waals surface area contributed by atoms with Crippen LogP contribution in [-0.4, -0.2) is 13.5 Å². The van der Waals surface area contributed by atoms with Gasteiger partial charge in [0.05, 0.1) is 7.11 Å². The molecule has 0 radical (unpaired) electrons. The summed E-state index contributed by atoms with van der Waals surface area (Å²) in [6, 6.07) is 3.37. The average Bonchev–Trinajstić information content (AvgIpc) is 2.17. The molecule has 0 heterocycles. The molecule has 0 fully saturated rings. The Morgan fingerprint density at radius 2 is 2.00 bits per heavy atom. The Hall–Kier alpha value is -1.23. The summed E-state index contributed by atoms with van der Waals surface area (Å²) in [6.07, 6.45) is -2.80. The summed E-state index contributed by atoms with van der Waals surface area (Å²) in [4.78, 5) is 0. The Bertz CT molecular complexity index is 353. The van der Waals surface area contributed by atoms with Gasteiger partial charge in [-0.05, 0) is 25.1 Å². The molecule has 0 bridgehead atoms. The van der Waals surface area contributed by atoms with Gasteiger partial charge in [0.15, 0.2) is 0 Å². The zero-order valence-electron chi connectivity index (χ0n) is 8.43. The number of hydrogen-bond donors (Lipinski definition) is 1. The van der Waals surface area contributed by atoms with Crippen LogP contribution in [0.25, 0.3) is 0 Å². The molecule has 0 aliphatic heterocycles. The van der Waals surface area contributed by atoms with E-state index in [4.69, 9.17) is 10.5 Å². The third-order valence-corrected chi connectivity index (χ3v) is 2.20. The zero-order chi connectivity index (χ0) is 11.6. The van der Waals surface area contributed by atoms with Gasteiger partial charge in [-0.3, -0.25) is 0 Å². The average molecular weight is 219 g/mol. The highest BCUT2D eigenvalue weighted by Crippen LogP contribution is 2.32. The lowest BCUT2D eigenvalue weighted by Crippen LogP contribution is -2.41. The molecule has 0 saturated heterocycles. The third kappa shape index (κ3) is 2.23. The number of benzene rings is 1. The quantitative estimate of drug-likeness (QED) is 0.846. The van der Waals surface area contributed by atoms with Crippen molar-refractivity contribution in [2.75, 3.05) is 7.11 Å². The van der Waals surface area contributed by atoms with Gasteiger partial charge in [0.25, 0.3) is 6.43 Å². The summed E-state index contributed by atoms with van der Waals surface area (Å²) in [7, 11) is 1.32. The molecule has 84 valence electrons. The van der Waals surface area contributed by atoms with E-state index in [-0.39, 0.29) is 11.3 Å². The molecule has 0 spiro atoms. The fourth-order valence-corrected chi connectivity index (χ4v) is 1.22. The summed E-state index contributed by atoms with van der Waals surface area (Å²) in [5.74, 6) is -0.468. The molecule has 2 nitrogen and oxygen atoms in total. The zero-order valence-corrected chi connectivity index (χ0v) is 8.43. The van der Waals surface area contributed by atoms with Crippen LogP contribution in [0.2, 0.25) is 0 Å². The number of nitrogens with two attached hydrogens (primary N) is 1. The highest BCUT2D eigenvalue weighted by molar-refractivity contribution is 5.39. The van der Waals surface area contributed by atoms with Gasteiger partial charge in [-0.25, -0.2) is 13.2 Å². The minimum absolute atomic E-state index is 0.0417. The molecule has 0 aliphatic rings. The summed E-state index contributed by atoms with van der Waals surface area (Å²) in [5.41, 5.74) is 3.46. The minimum Gasteiger partial charge on any atom is -0.496 e. The molecule has 1 unspecified atom stereocenters. The normalized spacial score (nSPS) is 15.1. The van der Waals surface area contributed by atoms with E-state index in [1.165, 1.54) is 13.2 Å². The van der Waals surface area contributed by atoms with Crippen molar-refractivity contribution < 1.29 is 17.9 Å². The van der Waals surface area contributed by atoms with Crippen molar-refractivity contribution in [3.63, 3.8) is 0 Å². The molecular formula is C10H12F3NO. The van der Waals surface area contributed by atoms with Crippen molar-refractivity contribution in [3.8, 4) is 5.75 Å². The molecule has 0 aliphatic carbocycles. The van der Waals surface area contributed by atoms with E-state index in [0.29, 0.717) is 0 Å². The smallest absolute Gasteiger partial charge is 0.260 e. The van der Waals surface area contributed by atoms with E-state index in [0.717, 1.165) is 19.1 Å². The number of alkyl halides is 2. The lowest BCUT2D eigenvalue weighted by molar-refractivity contribution is 0.0609. The number of ether oxygens (including phenoxy) is 1. The number of rotatable bonds is 3. The Morgan fingerprint density at radius 1 is 1.40 bits per heavy atom. The first-order chi connectivity index (χ1) is 6.89. The first-order valence-electron chi connectivity index (χ1n) is 4.30. The maximum absolute atomic E-state index is 12.9.